The van der Waals surface area contributed by atoms with Crippen LogP contribution in [0.2, 0.25) is 0 Å². The SMILES string of the molecule is CC(=O)N(C)CCC(=O)N(C1CC1)C1CC1. The summed E-state index contributed by atoms with van der Waals surface area (Å²) in [5.74, 6) is 0.260. The van der Waals surface area contributed by atoms with E-state index in [-0.39, 0.29) is 11.8 Å². The van der Waals surface area contributed by atoms with E-state index in [2.05, 4.69) is 4.90 Å². The Morgan fingerprint density at radius 1 is 1.12 bits per heavy atom. The highest BCUT2D eigenvalue weighted by atomic mass is 16.2. The zero-order valence-corrected chi connectivity index (χ0v) is 10.1. The van der Waals surface area contributed by atoms with Crippen LogP contribution in [0.1, 0.15) is 39.0 Å². The van der Waals surface area contributed by atoms with Crippen LogP contribution in [-0.4, -0.2) is 47.3 Å². The van der Waals surface area contributed by atoms with Crippen molar-refractivity contribution in [1.82, 2.24) is 9.80 Å². The second-order valence-corrected chi connectivity index (χ2v) is 4.95. The first-order valence-corrected chi connectivity index (χ1v) is 6.12. The molecular formula is C12H20N2O2. The number of nitrogens with zero attached hydrogens (tertiary/aromatic N) is 2. The Bertz CT molecular complexity index is 283. The Morgan fingerprint density at radius 3 is 2.00 bits per heavy atom. The Kier molecular flexibility index (Phi) is 3.17. The fourth-order valence-corrected chi connectivity index (χ4v) is 1.96. The summed E-state index contributed by atoms with van der Waals surface area (Å²) in [5.41, 5.74) is 0. The maximum atomic E-state index is 12.0. The molecule has 16 heavy (non-hydrogen) atoms. The van der Waals surface area contributed by atoms with E-state index < -0.39 is 0 Å². The predicted octanol–water partition coefficient (Wildman–Crippen LogP) is 1.01. The van der Waals surface area contributed by atoms with Crippen LogP contribution < -0.4 is 0 Å². The number of carbonyl (C=O) groups is 2. The molecule has 0 aromatic carbocycles. The smallest absolute Gasteiger partial charge is 0.224 e. The van der Waals surface area contributed by atoms with Gasteiger partial charge < -0.3 is 9.80 Å². The average Bonchev–Trinajstić information content (AvgIpc) is 3.07. The number of hydrogen-bond donors (Lipinski definition) is 0. The van der Waals surface area contributed by atoms with Crippen LogP contribution >= 0.6 is 0 Å². The molecule has 0 unspecified atom stereocenters. The van der Waals surface area contributed by atoms with E-state index in [0.717, 1.165) is 0 Å². The fraction of sp³-hybridized carbons (Fsp3) is 0.833. The molecule has 2 saturated carbocycles. The van der Waals surface area contributed by atoms with E-state index in [1.54, 1.807) is 11.9 Å². The van der Waals surface area contributed by atoms with Crippen LogP contribution in [0, 0.1) is 0 Å². The van der Waals surface area contributed by atoms with E-state index >= 15 is 0 Å². The summed E-state index contributed by atoms with van der Waals surface area (Å²) in [5, 5.41) is 0. The summed E-state index contributed by atoms with van der Waals surface area (Å²) in [7, 11) is 1.74. The molecule has 0 N–H and O–H groups in total. The van der Waals surface area contributed by atoms with Gasteiger partial charge in [0, 0.05) is 39.0 Å². The molecule has 2 amide bonds. The molecule has 2 aliphatic carbocycles. The summed E-state index contributed by atoms with van der Waals surface area (Å²) in [6.07, 6.45) is 5.16. The van der Waals surface area contributed by atoms with Gasteiger partial charge in [-0.1, -0.05) is 0 Å². The highest BCUT2D eigenvalue weighted by Crippen LogP contribution is 2.37. The van der Waals surface area contributed by atoms with E-state index in [0.29, 0.717) is 25.0 Å². The molecule has 0 radical (unpaired) electrons. The maximum Gasteiger partial charge on any atom is 0.224 e. The van der Waals surface area contributed by atoms with Crippen molar-refractivity contribution >= 4 is 11.8 Å². The molecule has 0 aromatic heterocycles. The monoisotopic (exact) mass is 224 g/mol. The number of amides is 2. The van der Waals surface area contributed by atoms with Crippen LogP contribution in [0.3, 0.4) is 0 Å². The first-order chi connectivity index (χ1) is 7.59. The second-order valence-electron chi connectivity index (χ2n) is 4.95. The van der Waals surface area contributed by atoms with Crippen molar-refractivity contribution in [2.24, 2.45) is 0 Å². The van der Waals surface area contributed by atoms with Crippen LogP contribution in [0.4, 0.5) is 0 Å². The van der Waals surface area contributed by atoms with Gasteiger partial charge in [0.2, 0.25) is 11.8 Å². The van der Waals surface area contributed by atoms with Gasteiger partial charge in [0.1, 0.15) is 0 Å². The molecule has 2 aliphatic rings. The fourth-order valence-electron chi connectivity index (χ4n) is 1.96. The third-order valence-electron chi connectivity index (χ3n) is 3.37. The lowest BCUT2D eigenvalue weighted by Crippen LogP contribution is -2.37. The summed E-state index contributed by atoms with van der Waals surface area (Å²) in [6.45, 7) is 2.08. The van der Waals surface area contributed by atoms with Crippen molar-refractivity contribution in [2.75, 3.05) is 13.6 Å². The van der Waals surface area contributed by atoms with Gasteiger partial charge in [-0.25, -0.2) is 0 Å². The van der Waals surface area contributed by atoms with Crippen LogP contribution in [-0.2, 0) is 9.59 Å². The molecule has 0 bridgehead atoms. The third kappa shape index (κ3) is 2.74. The van der Waals surface area contributed by atoms with Gasteiger partial charge in [0.25, 0.3) is 0 Å². The van der Waals surface area contributed by atoms with Crippen LogP contribution in [0.5, 0.6) is 0 Å². The molecule has 2 fully saturated rings. The Morgan fingerprint density at radius 2 is 1.62 bits per heavy atom. The minimum atomic E-state index is 0.0252. The van der Waals surface area contributed by atoms with Crippen LogP contribution in [0.25, 0.3) is 0 Å². The lowest BCUT2D eigenvalue weighted by molar-refractivity contribution is -0.133. The molecule has 4 heteroatoms. The summed E-state index contributed by atoms with van der Waals surface area (Å²) >= 11 is 0. The van der Waals surface area contributed by atoms with Crippen LogP contribution in [0.15, 0.2) is 0 Å². The molecule has 2 rings (SSSR count). The van der Waals surface area contributed by atoms with E-state index in [1.165, 1.54) is 32.6 Å². The van der Waals surface area contributed by atoms with Crippen molar-refractivity contribution < 1.29 is 9.59 Å². The zero-order valence-electron chi connectivity index (χ0n) is 10.1. The van der Waals surface area contributed by atoms with Gasteiger partial charge >= 0.3 is 0 Å². The largest absolute Gasteiger partial charge is 0.345 e. The highest BCUT2D eigenvalue weighted by molar-refractivity contribution is 5.79. The zero-order chi connectivity index (χ0) is 11.7. The van der Waals surface area contributed by atoms with Gasteiger partial charge in [0.05, 0.1) is 0 Å². The minimum Gasteiger partial charge on any atom is -0.345 e. The van der Waals surface area contributed by atoms with Gasteiger partial charge in [-0.15, -0.1) is 0 Å². The van der Waals surface area contributed by atoms with Crippen molar-refractivity contribution in [1.29, 1.82) is 0 Å². The number of carbonyl (C=O) groups excluding carboxylic acids is 2. The lowest BCUT2D eigenvalue weighted by Gasteiger charge is -2.23. The van der Waals surface area contributed by atoms with Crippen molar-refractivity contribution in [2.45, 2.75) is 51.1 Å². The first-order valence-electron chi connectivity index (χ1n) is 6.12. The Balaban J connectivity index is 1.79. The topological polar surface area (TPSA) is 40.6 Å². The summed E-state index contributed by atoms with van der Waals surface area (Å²) in [4.78, 5) is 26.7. The standard InChI is InChI=1S/C12H20N2O2/c1-9(15)13(2)8-7-12(16)14(10-3-4-10)11-5-6-11/h10-11H,3-8H2,1-2H3. The van der Waals surface area contributed by atoms with Gasteiger partial charge in [-0.3, -0.25) is 9.59 Å². The lowest BCUT2D eigenvalue weighted by atomic mass is 10.3. The highest BCUT2D eigenvalue weighted by Gasteiger charge is 2.41. The molecule has 0 atom stereocenters. The molecule has 0 spiro atoms. The molecule has 4 nitrogen and oxygen atoms in total. The summed E-state index contributed by atoms with van der Waals surface area (Å²) < 4.78 is 0. The van der Waals surface area contributed by atoms with Crippen molar-refractivity contribution in [3.8, 4) is 0 Å². The second kappa shape index (κ2) is 4.44. The normalized spacial score (nSPS) is 19.4. The van der Waals surface area contributed by atoms with Crippen molar-refractivity contribution in [3.05, 3.63) is 0 Å². The van der Waals surface area contributed by atoms with E-state index in [9.17, 15) is 9.59 Å². The molecule has 0 aromatic rings. The Hall–Kier alpha value is -1.06. The number of hydrogen-bond acceptors (Lipinski definition) is 2. The van der Waals surface area contributed by atoms with Crippen molar-refractivity contribution in [3.63, 3.8) is 0 Å². The first kappa shape index (κ1) is 11.4. The molecule has 0 aliphatic heterocycles. The number of rotatable bonds is 5. The van der Waals surface area contributed by atoms with E-state index in [4.69, 9.17) is 0 Å². The molecule has 0 heterocycles. The third-order valence-corrected chi connectivity index (χ3v) is 3.37. The average molecular weight is 224 g/mol. The quantitative estimate of drug-likeness (QED) is 0.699. The molecule has 90 valence electrons. The van der Waals surface area contributed by atoms with E-state index in [1.807, 2.05) is 0 Å². The van der Waals surface area contributed by atoms with Gasteiger partial charge in [-0.05, 0) is 25.7 Å². The predicted molar refractivity (Wildman–Crippen MR) is 60.8 cm³/mol. The summed E-state index contributed by atoms with van der Waals surface area (Å²) in [6, 6.07) is 1.03. The molecular weight excluding hydrogens is 204 g/mol. The Labute approximate surface area is 96.6 Å². The maximum absolute atomic E-state index is 12.0. The minimum absolute atomic E-state index is 0.0252. The molecule has 0 saturated heterocycles. The van der Waals surface area contributed by atoms with Gasteiger partial charge in [0.15, 0.2) is 0 Å². The van der Waals surface area contributed by atoms with Gasteiger partial charge in [-0.2, -0.15) is 0 Å².